The van der Waals surface area contributed by atoms with E-state index in [2.05, 4.69) is 21.8 Å². The van der Waals surface area contributed by atoms with Crippen molar-refractivity contribution in [2.45, 2.75) is 42.0 Å². The van der Waals surface area contributed by atoms with E-state index < -0.39 is 21.8 Å². The van der Waals surface area contributed by atoms with Gasteiger partial charge in [0.15, 0.2) is 0 Å². The molecule has 3 aromatic rings. The molecule has 0 bridgehead atoms. The van der Waals surface area contributed by atoms with Crippen LogP contribution in [0.3, 0.4) is 0 Å². The number of aromatic carboxylic acids is 1. The number of carboxylic acid groups (broad SMARTS) is 1. The maximum atomic E-state index is 13.9. The Hall–Kier alpha value is -2.66. The Balaban J connectivity index is 1.99. The summed E-state index contributed by atoms with van der Waals surface area (Å²) in [7, 11) is -2.25. The van der Waals surface area contributed by atoms with Crippen molar-refractivity contribution in [3.8, 4) is 11.3 Å². The predicted octanol–water partition coefficient (Wildman–Crippen LogP) is 5.55. The maximum Gasteiger partial charge on any atom is 0.374 e. The Kier molecular flexibility index (Phi) is 7.89. The topological polar surface area (TPSA) is 104 Å². The van der Waals surface area contributed by atoms with Crippen LogP contribution in [0.4, 0.5) is 11.4 Å². The molecule has 1 aromatic heterocycles. The van der Waals surface area contributed by atoms with Crippen LogP contribution in [0.1, 0.15) is 36.8 Å². The van der Waals surface area contributed by atoms with Gasteiger partial charge in [0.1, 0.15) is 10.0 Å². The molecule has 2 heterocycles. The van der Waals surface area contributed by atoms with Gasteiger partial charge in [0.25, 0.3) is 0 Å². The number of carbonyl (C=O) groups is 1. The average Bonchev–Trinajstić information content (AvgIpc) is 2.95. The van der Waals surface area contributed by atoms with Crippen molar-refractivity contribution in [1.29, 1.82) is 0 Å². The molecule has 1 unspecified atom stereocenters. The van der Waals surface area contributed by atoms with Crippen LogP contribution in [0.5, 0.6) is 0 Å². The first kappa shape index (κ1) is 26.4. The molecular weight excluding hydrogens is 520 g/mol. The van der Waals surface area contributed by atoms with Gasteiger partial charge < -0.3 is 10.0 Å². The van der Waals surface area contributed by atoms with Crippen LogP contribution in [0.25, 0.3) is 11.3 Å². The van der Waals surface area contributed by atoms with E-state index in [-0.39, 0.29) is 21.8 Å². The molecule has 190 valence electrons. The Morgan fingerprint density at radius 3 is 2.56 bits per heavy atom. The lowest BCUT2D eigenvalue weighted by Gasteiger charge is -2.29. The molecule has 1 aliphatic rings. The summed E-state index contributed by atoms with van der Waals surface area (Å²) in [5, 5.41) is 9.38. The van der Waals surface area contributed by atoms with Gasteiger partial charge in [-0.2, -0.15) is 4.31 Å². The monoisotopic (exact) mass is 546 g/mol. The van der Waals surface area contributed by atoms with E-state index in [4.69, 9.17) is 11.6 Å². The molecule has 11 heteroatoms. The fraction of sp³-hybridized carbons (Fsp3) is 0.320. The normalized spacial score (nSPS) is 17.4. The first-order valence-corrected chi connectivity index (χ1v) is 14.5. The highest BCUT2D eigenvalue weighted by Crippen LogP contribution is 2.43. The fourth-order valence-electron chi connectivity index (χ4n) is 4.33. The Labute approximate surface area is 220 Å². The molecule has 4 rings (SSSR count). The number of sulfonamides is 1. The number of halogens is 1. The lowest BCUT2D eigenvalue weighted by molar-refractivity contribution is 0.0683. The molecule has 0 fully saturated rings. The Morgan fingerprint density at radius 2 is 1.92 bits per heavy atom. The zero-order chi connectivity index (χ0) is 26.0. The minimum absolute atomic E-state index is 0.0371. The van der Waals surface area contributed by atoms with Crippen molar-refractivity contribution < 1.29 is 18.3 Å². The third-order valence-electron chi connectivity index (χ3n) is 6.26. The zero-order valence-electron chi connectivity index (χ0n) is 20.2. The lowest BCUT2D eigenvalue weighted by Crippen LogP contribution is -2.40. The van der Waals surface area contributed by atoms with Gasteiger partial charge in [-0.15, -0.1) is 11.8 Å². The molecule has 1 N–H and O–H groups in total. The number of thioether (sulfide) groups is 1. The second-order valence-electron chi connectivity index (χ2n) is 8.49. The highest BCUT2D eigenvalue weighted by molar-refractivity contribution is 7.98. The molecule has 2 aromatic carbocycles. The molecule has 0 amide bonds. The number of para-hydroxylation sites is 1. The number of hydrogen-bond acceptors (Lipinski definition) is 7. The molecule has 0 aliphatic carbocycles. The van der Waals surface area contributed by atoms with E-state index in [1.807, 2.05) is 42.7 Å². The minimum atomic E-state index is -3.88. The zero-order valence-corrected chi connectivity index (χ0v) is 22.6. The molecule has 0 saturated carbocycles. The number of aromatic nitrogens is 2. The number of likely N-dealkylation sites (N-methyl/N-ethyl adjacent to an activating group) is 1. The Morgan fingerprint density at radius 1 is 1.19 bits per heavy atom. The van der Waals surface area contributed by atoms with Crippen LogP contribution >= 0.6 is 23.4 Å². The molecule has 1 atom stereocenters. The number of benzene rings is 2. The predicted molar refractivity (Wildman–Crippen MR) is 143 cm³/mol. The van der Waals surface area contributed by atoms with Gasteiger partial charge in [0.05, 0.1) is 11.4 Å². The van der Waals surface area contributed by atoms with Crippen molar-refractivity contribution in [2.75, 3.05) is 24.7 Å². The fourth-order valence-corrected chi connectivity index (χ4v) is 6.70. The van der Waals surface area contributed by atoms with Crippen LogP contribution < -0.4 is 4.90 Å². The van der Waals surface area contributed by atoms with Crippen LogP contribution in [0, 0.1) is 0 Å². The van der Waals surface area contributed by atoms with Gasteiger partial charge in [0, 0.05) is 41.8 Å². The number of rotatable bonds is 7. The van der Waals surface area contributed by atoms with Crippen LogP contribution in [0.15, 0.2) is 58.3 Å². The van der Waals surface area contributed by atoms with E-state index in [1.54, 1.807) is 13.1 Å². The minimum Gasteiger partial charge on any atom is -0.475 e. The number of nitrogens with zero attached hydrogens (tertiary/aromatic N) is 4. The summed E-state index contributed by atoms with van der Waals surface area (Å²) < 4.78 is 29.3. The van der Waals surface area contributed by atoms with Gasteiger partial charge in [0.2, 0.25) is 15.8 Å². The van der Waals surface area contributed by atoms with Gasteiger partial charge >= 0.3 is 5.97 Å². The highest BCUT2D eigenvalue weighted by Gasteiger charge is 2.37. The molecule has 1 aliphatic heterocycles. The standard InChI is InChI=1S/C25H27ClN4O4S2/c1-4-5-9-17-15-30(16-10-7-6-8-11-16)20-14-21(35-3)18(12-22(20)36(33,34)29(17)2)19-13-23(26)28-24(27-19)25(31)32/h6-8,10-14,17H,4-5,9,15H2,1-3H3,(H,31,32). The van der Waals surface area contributed by atoms with Crippen LogP contribution in [0.2, 0.25) is 5.15 Å². The number of unbranched alkanes of at least 4 members (excludes halogenated alkanes) is 1. The van der Waals surface area contributed by atoms with E-state index >= 15 is 0 Å². The van der Waals surface area contributed by atoms with Crippen LogP contribution in [-0.2, 0) is 10.0 Å². The van der Waals surface area contributed by atoms with E-state index in [9.17, 15) is 18.3 Å². The van der Waals surface area contributed by atoms with Gasteiger partial charge in [-0.1, -0.05) is 49.6 Å². The van der Waals surface area contributed by atoms with Gasteiger partial charge in [-0.05, 0) is 36.9 Å². The summed E-state index contributed by atoms with van der Waals surface area (Å²) in [5.74, 6) is -1.77. The van der Waals surface area contributed by atoms with Gasteiger partial charge in [-0.3, -0.25) is 0 Å². The summed E-state index contributed by atoms with van der Waals surface area (Å²) in [5.41, 5.74) is 2.18. The summed E-state index contributed by atoms with van der Waals surface area (Å²) in [6, 6.07) is 14.4. The lowest BCUT2D eigenvalue weighted by atomic mass is 10.1. The second-order valence-corrected chi connectivity index (χ2v) is 11.7. The van der Waals surface area contributed by atoms with Crippen molar-refractivity contribution >= 4 is 50.7 Å². The van der Waals surface area contributed by atoms with Crippen molar-refractivity contribution in [1.82, 2.24) is 14.3 Å². The third-order valence-corrected chi connectivity index (χ3v) is 9.17. The summed E-state index contributed by atoms with van der Waals surface area (Å²) in [6.45, 7) is 2.59. The molecule has 0 saturated heterocycles. The second kappa shape index (κ2) is 10.8. The summed E-state index contributed by atoms with van der Waals surface area (Å²) in [4.78, 5) is 22.4. The maximum absolute atomic E-state index is 13.9. The number of fused-ring (bicyclic) bond motifs is 1. The molecule has 36 heavy (non-hydrogen) atoms. The van der Waals surface area contributed by atoms with Crippen molar-refractivity contribution in [2.24, 2.45) is 0 Å². The van der Waals surface area contributed by atoms with Gasteiger partial charge in [-0.25, -0.2) is 23.2 Å². The van der Waals surface area contributed by atoms with Crippen molar-refractivity contribution in [3.63, 3.8) is 0 Å². The molecule has 0 spiro atoms. The quantitative estimate of drug-likeness (QED) is 0.304. The molecule has 0 radical (unpaired) electrons. The first-order valence-electron chi connectivity index (χ1n) is 11.5. The summed E-state index contributed by atoms with van der Waals surface area (Å²) in [6.07, 6.45) is 4.47. The van der Waals surface area contributed by atoms with E-state index in [0.29, 0.717) is 17.8 Å². The molecule has 8 nitrogen and oxygen atoms in total. The molecular formula is C25H27ClN4O4S2. The SMILES string of the molecule is CCCCC1CN(c2ccccc2)c2cc(SC)c(-c3cc(Cl)nc(C(=O)O)n3)cc2S(=O)(=O)N1C. The average molecular weight is 547 g/mol. The highest BCUT2D eigenvalue weighted by atomic mass is 35.5. The Bertz CT molecular complexity index is 1390. The largest absolute Gasteiger partial charge is 0.475 e. The smallest absolute Gasteiger partial charge is 0.374 e. The number of carboxylic acids is 1. The van der Waals surface area contributed by atoms with Crippen molar-refractivity contribution in [3.05, 3.63) is 59.5 Å². The van der Waals surface area contributed by atoms with E-state index in [1.165, 1.54) is 22.1 Å². The summed E-state index contributed by atoms with van der Waals surface area (Å²) >= 11 is 7.52. The van der Waals surface area contributed by atoms with Crippen LogP contribution in [-0.4, -0.2) is 59.7 Å². The first-order chi connectivity index (χ1) is 17.2. The number of hydrogen-bond donors (Lipinski definition) is 1. The third kappa shape index (κ3) is 5.08. The number of anilines is 2. The van der Waals surface area contributed by atoms with E-state index in [0.717, 1.165) is 29.8 Å².